The summed E-state index contributed by atoms with van der Waals surface area (Å²) in [6, 6.07) is -0.0400. The lowest BCUT2D eigenvalue weighted by Crippen LogP contribution is -2.57. The van der Waals surface area contributed by atoms with Gasteiger partial charge in [0, 0.05) is 32.1 Å². The molecule has 4 heterocycles. The van der Waals surface area contributed by atoms with Gasteiger partial charge in [0.05, 0.1) is 0 Å². The van der Waals surface area contributed by atoms with Crippen molar-refractivity contribution in [1.82, 2.24) is 30.3 Å². The van der Waals surface area contributed by atoms with Crippen molar-refractivity contribution in [3.8, 4) is 0 Å². The second kappa shape index (κ2) is 8.73. The first kappa shape index (κ1) is 20.7. The van der Waals surface area contributed by atoms with Crippen molar-refractivity contribution in [2.24, 2.45) is 0 Å². The maximum atomic E-state index is 13.4. The molecule has 168 valence electrons. The van der Waals surface area contributed by atoms with Gasteiger partial charge in [-0.2, -0.15) is 0 Å². The van der Waals surface area contributed by atoms with Crippen LogP contribution in [-0.4, -0.2) is 62.7 Å². The molecule has 2 N–H and O–H groups in total. The van der Waals surface area contributed by atoms with Crippen LogP contribution in [0.3, 0.4) is 0 Å². The summed E-state index contributed by atoms with van der Waals surface area (Å²) in [6.45, 7) is 3.12. The second-order valence-corrected chi connectivity index (χ2v) is 9.65. The van der Waals surface area contributed by atoms with E-state index in [9.17, 15) is 9.59 Å². The summed E-state index contributed by atoms with van der Waals surface area (Å²) in [5.41, 5.74) is 0.869. The summed E-state index contributed by atoms with van der Waals surface area (Å²) in [5.74, 6) is 1.30. The Labute approximate surface area is 183 Å². The zero-order valence-corrected chi connectivity index (χ0v) is 18.4. The summed E-state index contributed by atoms with van der Waals surface area (Å²) in [5, 5.41) is 14.8. The fourth-order valence-electron chi connectivity index (χ4n) is 5.92. The molecule has 2 saturated heterocycles. The molecule has 0 bridgehead atoms. The third-order valence-corrected chi connectivity index (χ3v) is 7.58. The number of fused-ring (bicyclic) bond motifs is 2. The Morgan fingerprint density at radius 3 is 2.81 bits per heavy atom. The van der Waals surface area contributed by atoms with Crippen LogP contribution in [0.2, 0.25) is 0 Å². The summed E-state index contributed by atoms with van der Waals surface area (Å²) in [4.78, 5) is 28.7. The number of aromatic nitrogens is 3. The number of hydrogen-bond acceptors (Lipinski definition) is 5. The van der Waals surface area contributed by atoms with Crippen LogP contribution >= 0.6 is 0 Å². The van der Waals surface area contributed by atoms with Crippen LogP contribution in [0.15, 0.2) is 11.6 Å². The average Bonchev–Trinajstić information content (AvgIpc) is 3.40. The molecule has 0 spiro atoms. The lowest BCUT2D eigenvalue weighted by Gasteiger charge is -2.40. The number of rotatable bonds is 5. The Morgan fingerprint density at radius 2 is 1.94 bits per heavy atom. The molecule has 8 nitrogen and oxygen atoms in total. The van der Waals surface area contributed by atoms with Gasteiger partial charge in [0.15, 0.2) is 0 Å². The zero-order valence-electron chi connectivity index (χ0n) is 18.4. The third kappa shape index (κ3) is 4.02. The summed E-state index contributed by atoms with van der Waals surface area (Å²) >= 11 is 0. The summed E-state index contributed by atoms with van der Waals surface area (Å²) in [7, 11) is 0. The minimum Gasteiger partial charge on any atom is -0.351 e. The maximum absolute atomic E-state index is 13.4. The van der Waals surface area contributed by atoms with Gasteiger partial charge < -0.3 is 15.2 Å². The van der Waals surface area contributed by atoms with Gasteiger partial charge in [0.1, 0.15) is 11.4 Å². The third-order valence-electron chi connectivity index (χ3n) is 7.58. The van der Waals surface area contributed by atoms with E-state index < -0.39 is 5.54 Å². The van der Waals surface area contributed by atoms with Crippen molar-refractivity contribution in [3.05, 3.63) is 23.3 Å². The van der Waals surface area contributed by atoms with Crippen molar-refractivity contribution in [2.75, 3.05) is 19.6 Å². The average molecular weight is 427 g/mol. The van der Waals surface area contributed by atoms with E-state index in [-0.39, 0.29) is 17.9 Å². The maximum Gasteiger partial charge on any atom is 0.289 e. The van der Waals surface area contributed by atoms with Gasteiger partial charge >= 0.3 is 0 Å². The molecule has 8 heteroatoms. The van der Waals surface area contributed by atoms with E-state index in [2.05, 4.69) is 31.8 Å². The standard InChI is InChI=1S/C23H34N6O2/c30-21(20-27-26-19-10-4-6-13-29(19)20)25-18-14-23(11-5-7-12-28(23)16-18)22(31)24-15-17-8-2-1-3-9-17/h8,18H,1-7,9-16H2,(H,24,31)(H,25,30)/t18-,23-/m0/s1. The van der Waals surface area contributed by atoms with Crippen molar-refractivity contribution < 1.29 is 9.59 Å². The number of amides is 2. The highest BCUT2D eigenvalue weighted by Gasteiger charge is 2.52. The highest BCUT2D eigenvalue weighted by Crippen LogP contribution is 2.38. The number of nitrogens with zero attached hydrogens (tertiary/aromatic N) is 4. The number of carbonyl (C=O) groups is 2. The van der Waals surface area contributed by atoms with Crippen LogP contribution < -0.4 is 10.6 Å². The van der Waals surface area contributed by atoms with Gasteiger partial charge in [0.25, 0.3) is 5.91 Å². The first-order valence-corrected chi connectivity index (χ1v) is 12.1. The SMILES string of the molecule is O=C(N[C@@H]1CN2CCCC[C@@]2(C(=O)NCC2=CCCCC2)C1)c1nnc2n1CCCC2. The topological polar surface area (TPSA) is 92.2 Å². The quantitative estimate of drug-likeness (QED) is 0.702. The van der Waals surface area contributed by atoms with Crippen molar-refractivity contribution in [3.63, 3.8) is 0 Å². The molecular weight excluding hydrogens is 392 g/mol. The predicted octanol–water partition coefficient (Wildman–Crippen LogP) is 1.96. The molecule has 2 atom stereocenters. The van der Waals surface area contributed by atoms with Gasteiger partial charge in [-0.05, 0) is 70.8 Å². The molecule has 5 rings (SSSR count). The van der Waals surface area contributed by atoms with Crippen molar-refractivity contribution >= 4 is 11.8 Å². The first-order chi connectivity index (χ1) is 15.2. The molecule has 3 aliphatic heterocycles. The first-order valence-electron chi connectivity index (χ1n) is 12.1. The number of aryl methyl sites for hydroxylation is 1. The molecule has 1 aliphatic carbocycles. The van der Waals surface area contributed by atoms with Crippen LogP contribution in [0.25, 0.3) is 0 Å². The van der Waals surface area contributed by atoms with Crippen molar-refractivity contribution in [2.45, 2.75) is 88.8 Å². The minimum atomic E-state index is -0.490. The lowest BCUT2D eigenvalue weighted by molar-refractivity contribution is -0.133. The molecule has 0 radical (unpaired) electrons. The molecule has 2 fully saturated rings. The predicted molar refractivity (Wildman–Crippen MR) is 117 cm³/mol. The van der Waals surface area contributed by atoms with E-state index >= 15 is 0 Å². The Bertz CT molecular complexity index is 877. The molecule has 0 saturated carbocycles. The van der Waals surface area contributed by atoms with Gasteiger partial charge in [0.2, 0.25) is 11.7 Å². The fourth-order valence-corrected chi connectivity index (χ4v) is 5.92. The molecule has 4 aliphatic rings. The highest BCUT2D eigenvalue weighted by atomic mass is 16.2. The van der Waals surface area contributed by atoms with E-state index in [0.717, 1.165) is 76.8 Å². The Morgan fingerprint density at radius 1 is 1.06 bits per heavy atom. The van der Waals surface area contributed by atoms with Crippen LogP contribution in [0, 0.1) is 0 Å². The number of allylic oxidation sites excluding steroid dienone is 1. The monoisotopic (exact) mass is 426 g/mol. The van der Waals surface area contributed by atoms with E-state index in [0.29, 0.717) is 18.8 Å². The summed E-state index contributed by atoms with van der Waals surface area (Å²) < 4.78 is 1.96. The molecule has 0 aromatic carbocycles. The lowest BCUT2D eigenvalue weighted by atomic mass is 9.84. The Kier molecular flexibility index (Phi) is 5.82. The smallest absolute Gasteiger partial charge is 0.289 e. The number of hydrogen-bond donors (Lipinski definition) is 2. The van der Waals surface area contributed by atoms with Crippen LogP contribution in [0.4, 0.5) is 0 Å². The number of piperidine rings is 1. The largest absolute Gasteiger partial charge is 0.351 e. The highest BCUT2D eigenvalue weighted by molar-refractivity contribution is 5.91. The second-order valence-electron chi connectivity index (χ2n) is 9.65. The van der Waals surface area contributed by atoms with Gasteiger partial charge in [-0.15, -0.1) is 10.2 Å². The molecule has 1 aromatic heterocycles. The normalized spacial score (nSPS) is 28.4. The van der Waals surface area contributed by atoms with Crippen molar-refractivity contribution in [1.29, 1.82) is 0 Å². The number of carbonyl (C=O) groups excluding carboxylic acids is 2. The van der Waals surface area contributed by atoms with Crippen LogP contribution in [-0.2, 0) is 17.8 Å². The van der Waals surface area contributed by atoms with Crippen LogP contribution in [0.1, 0.15) is 80.7 Å². The van der Waals surface area contributed by atoms with E-state index in [4.69, 9.17) is 0 Å². The summed E-state index contributed by atoms with van der Waals surface area (Å²) in [6.07, 6.45) is 13.7. The van der Waals surface area contributed by atoms with Crippen LogP contribution in [0.5, 0.6) is 0 Å². The van der Waals surface area contributed by atoms with E-state index in [1.165, 1.54) is 18.4 Å². The molecular formula is C23H34N6O2. The Balaban J connectivity index is 1.25. The van der Waals surface area contributed by atoms with E-state index in [1.807, 2.05) is 4.57 Å². The Hall–Kier alpha value is -2.22. The van der Waals surface area contributed by atoms with Gasteiger partial charge in [-0.3, -0.25) is 14.5 Å². The zero-order chi connectivity index (χ0) is 21.3. The molecule has 31 heavy (non-hydrogen) atoms. The van der Waals surface area contributed by atoms with E-state index in [1.54, 1.807) is 0 Å². The molecule has 1 aromatic rings. The van der Waals surface area contributed by atoms with Gasteiger partial charge in [-0.1, -0.05) is 11.6 Å². The van der Waals surface area contributed by atoms with Gasteiger partial charge in [-0.25, -0.2) is 0 Å². The molecule has 0 unspecified atom stereocenters. The number of nitrogens with one attached hydrogen (secondary N) is 2. The molecule has 2 amide bonds. The fraction of sp³-hybridized carbons (Fsp3) is 0.739. The minimum absolute atomic E-state index is 0.0400.